The molecule has 5 rings (SSSR count). The summed E-state index contributed by atoms with van der Waals surface area (Å²) >= 11 is 0. The normalized spacial score (nSPS) is 23.2. The Morgan fingerprint density at radius 3 is 1.90 bits per heavy atom. The molecule has 1 fully saturated rings. The summed E-state index contributed by atoms with van der Waals surface area (Å²) in [5, 5.41) is 39.5. The van der Waals surface area contributed by atoms with E-state index in [0.717, 1.165) is 40.6 Å². The van der Waals surface area contributed by atoms with Crippen LogP contribution in [0.2, 0.25) is 0 Å². The van der Waals surface area contributed by atoms with Gasteiger partial charge in [-0.2, -0.15) is 0 Å². The minimum Gasteiger partial charge on any atom is -0.850 e. The summed E-state index contributed by atoms with van der Waals surface area (Å²) in [6.07, 6.45) is -2.24. The lowest BCUT2D eigenvalue weighted by Crippen LogP contribution is -2.65. The number of phenolic OH excluding ortho intramolecular Hbond substituents is 1. The molecule has 0 radical (unpaired) electrons. The van der Waals surface area contributed by atoms with Crippen molar-refractivity contribution in [2.45, 2.75) is 38.0 Å². The van der Waals surface area contributed by atoms with Gasteiger partial charge in [-0.3, -0.25) is 0 Å². The van der Waals surface area contributed by atoms with E-state index < -0.39 is 24.2 Å². The lowest BCUT2D eigenvalue weighted by atomic mass is 9.69. The van der Waals surface area contributed by atoms with Crippen molar-refractivity contribution in [3.8, 4) is 5.75 Å². The first kappa shape index (κ1) is 19.9. The van der Waals surface area contributed by atoms with E-state index in [1.807, 2.05) is 59.2 Å². The minimum absolute atomic E-state index is 0.0387. The molecular weight excluding hydrogens is 388 g/mol. The Morgan fingerprint density at radius 2 is 1.39 bits per heavy atom. The lowest BCUT2D eigenvalue weighted by molar-refractivity contribution is -0.543. The summed E-state index contributed by atoms with van der Waals surface area (Å²) in [6.45, 7) is 5.75. The summed E-state index contributed by atoms with van der Waals surface area (Å²) in [7, 11) is 0. The topological polar surface area (TPSA) is 74.5 Å². The number of hydrogen-bond donors (Lipinski definition) is 1. The van der Waals surface area contributed by atoms with E-state index in [-0.39, 0.29) is 5.75 Å². The molecule has 1 aliphatic rings. The van der Waals surface area contributed by atoms with Crippen LogP contribution in [0.15, 0.2) is 66.7 Å². The van der Waals surface area contributed by atoms with Gasteiger partial charge in [0.2, 0.25) is 0 Å². The molecule has 0 bridgehead atoms. The van der Waals surface area contributed by atoms with Crippen LogP contribution < -0.4 is 15.1 Å². The Hall–Kier alpha value is -3.02. The molecule has 2 unspecified atom stereocenters. The zero-order valence-corrected chi connectivity index (χ0v) is 17.7. The Morgan fingerprint density at radius 1 is 0.839 bits per heavy atom. The van der Waals surface area contributed by atoms with Crippen LogP contribution in [0.3, 0.4) is 0 Å². The van der Waals surface area contributed by atoms with Gasteiger partial charge >= 0.3 is 0 Å². The number of phenols is 1. The van der Waals surface area contributed by atoms with Crippen LogP contribution in [-0.2, 0) is 0 Å². The highest BCUT2D eigenvalue weighted by Gasteiger charge is 2.41. The second-order valence-electron chi connectivity index (χ2n) is 8.27. The van der Waals surface area contributed by atoms with Crippen molar-refractivity contribution >= 4 is 27.5 Å². The first-order valence-corrected chi connectivity index (χ1v) is 10.9. The van der Waals surface area contributed by atoms with Crippen LogP contribution in [0.4, 0.5) is 5.69 Å². The maximum atomic E-state index is 13.4. The van der Waals surface area contributed by atoms with E-state index in [1.165, 1.54) is 0 Å². The zero-order chi connectivity index (χ0) is 21.7. The molecule has 5 nitrogen and oxygen atoms in total. The van der Waals surface area contributed by atoms with E-state index >= 15 is 0 Å². The van der Waals surface area contributed by atoms with Crippen molar-refractivity contribution in [1.29, 1.82) is 0 Å². The Bertz CT molecular complexity index is 1180. The molecule has 0 amide bonds. The van der Waals surface area contributed by atoms with E-state index in [4.69, 9.17) is 0 Å². The highest BCUT2D eigenvalue weighted by atomic mass is 16.3. The van der Waals surface area contributed by atoms with Crippen LogP contribution in [0.1, 0.15) is 31.4 Å². The van der Waals surface area contributed by atoms with E-state index in [0.29, 0.717) is 5.56 Å². The SMILES string of the molecule is CCN(CC)c1ccc(C2C([O-])C(n3c4ccccc4c4ccccc43)C2[O-])c(O)c1. The van der Waals surface area contributed by atoms with Gasteiger partial charge in [0.15, 0.2) is 0 Å². The number of nitrogens with zero attached hydrogens (tertiary/aromatic N) is 2. The summed E-state index contributed by atoms with van der Waals surface area (Å²) in [6, 6.07) is 20.5. The molecule has 1 heterocycles. The second-order valence-corrected chi connectivity index (χ2v) is 8.27. The van der Waals surface area contributed by atoms with Gasteiger partial charge in [0.05, 0.1) is 0 Å². The van der Waals surface area contributed by atoms with Crippen molar-refractivity contribution in [3.63, 3.8) is 0 Å². The van der Waals surface area contributed by atoms with Gasteiger partial charge in [0.25, 0.3) is 0 Å². The summed E-state index contributed by atoms with van der Waals surface area (Å²) in [5.74, 6) is -0.715. The molecule has 31 heavy (non-hydrogen) atoms. The van der Waals surface area contributed by atoms with Gasteiger partial charge in [0.1, 0.15) is 5.75 Å². The quantitative estimate of drug-likeness (QED) is 0.544. The standard InChI is InChI=1S/C26H26N2O3/c1-3-27(4-2)16-13-14-19(22(29)15-16)23-25(30)24(26(23)31)28-20-11-7-5-9-17(20)18-10-6-8-12-21(18)28/h5-15,23-26,29H,3-4H2,1-2H3/q-2. The highest BCUT2D eigenvalue weighted by Crippen LogP contribution is 2.48. The highest BCUT2D eigenvalue weighted by molar-refractivity contribution is 6.08. The number of aromatic nitrogens is 1. The maximum absolute atomic E-state index is 13.4. The Kier molecular flexibility index (Phi) is 4.88. The van der Waals surface area contributed by atoms with Crippen molar-refractivity contribution in [2.75, 3.05) is 18.0 Å². The van der Waals surface area contributed by atoms with Crippen molar-refractivity contribution < 1.29 is 15.3 Å². The molecule has 1 aliphatic carbocycles. The van der Waals surface area contributed by atoms with E-state index in [1.54, 1.807) is 12.1 Å². The second kappa shape index (κ2) is 7.59. The summed E-state index contributed by atoms with van der Waals surface area (Å²) < 4.78 is 1.93. The molecule has 0 aliphatic heterocycles. The Labute approximate surface area is 181 Å². The fraction of sp³-hybridized carbons (Fsp3) is 0.308. The average Bonchev–Trinajstić information content (AvgIpc) is 3.11. The average molecular weight is 415 g/mol. The lowest BCUT2D eigenvalue weighted by Gasteiger charge is -2.62. The number of hydrogen-bond acceptors (Lipinski definition) is 4. The minimum atomic E-state index is -1.12. The molecule has 1 N–H and O–H groups in total. The van der Waals surface area contributed by atoms with Gasteiger partial charge in [-0.15, -0.1) is 12.2 Å². The van der Waals surface area contributed by atoms with Crippen LogP contribution in [0, 0.1) is 0 Å². The number of rotatable bonds is 5. The monoisotopic (exact) mass is 414 g/mol. The number of aromatic hydroxyl groups is 1. The number of anilines is 1. The molecule has 0 saturated heterocycles. The van der Waals surface area contributed by atoms with Gasteiger partial charge in [0, 0.05) is 52.7 Å². The third-order valence-corrected chi connectivity index (χ3v) is 6.80. The fourth-order valence-corrected chi connectivity index (χ4v) is 5.17. The molecule has 160 valence electrons. The Balaban J connectivity index is 1.54. The smallest absolute Gasteiger partial charge is 0.121 e. The third-order valence-electron chi connectivity index (χ3n) is 6.80. The summed E-state index contributed by atoms with van der Waals surface area (Å²) in [4.78, 5) is 2.12. The van der Waals surface area contributed by atoms with Gasteiger partial charge in [-0.1, -0.05) is 42.5 Å². The van der Waals surface area contributed by atoms with Crippen LogP contribution in [-0.4, -0.2) is 35.0 Å². The predicted octanol–water partition coefficient (Wildman–Crippen LogP) is 3.14. The maximum Gasteiger partial charge on any atom is 0.121 e. The molecule has 1 saturated carbocycles. The number of fused-ring (bicyclic) bond motifs is 3. The molecule has 2 atom stereocenters. The van der Waals surface area contributed by atoms with E-state index in [2.05, 4.69) is 18.7 Å². The number of para-hydroxylation sites is 2. The first-order valence-electron chi connectivity index (χ1n) is 10.9. The first-order chi connectivity index (χ1) is 15.1. The van der Waals surface area contributed by atoms with Crippen molar-refractivity contribution in [2.24, 2.45) is 0 Å². The zero-order valence-electron chi connectivity index (χ0n) is 17.7. The van der Waals surface area contributed by atoms with Crippen LogP contribution in [0.25, 0.3) is 21.8 Å². The molecule has 5 heteroatoms. The number of benzene rings is 3. The van der Waals surface area contributed by atoms with Gasteiger partial charge in [-0.05, 0) is 43.5 Å². The summed E-state index contributed by atoms with van der Waals surface area (Å²) in [5.41, 5.74) is 3.19. The predicted molar refractivity (Wildman–Crippen MR) is 120 cm³/mol. The molecule has 3 aromatic carbocycles. The van der Waals surface area contributed by atoms with Gasteiger partial charge < -0.3 is 24.8 Å². The van der Waals surface area contributed by atoms with Crippen LogP contribution >= 0.6 is 0 Å². The van der Waals surface area contributed by atoms with E-state index in [9.17, 15) is 15.3 Å². The van der Waals surface area contributed by atoms with Crippen LogP contribution in [0.5, 0.6) is 5.75 Å². The largest absolute Gasteiger partial charge is 0.850 e. The van der Waals surface area contributed by atoms with Crippen molar-refractivity contribution in [3.05, 3.63) is 72.3 Å². The molecule has 0 spiro atoms. The van der Waals surface area contributed by atoms with Gasteiger partial charge in [-0.25, -0.2) is 0 Å². The molecule has 4 aromatic rings. The molecule has 1 aromatic heterocycles. The fourth-order valence-electron chi connectivity index (χ4n) is 5.17. The van der Waals surface area contributed by atoms with Crippen molar-refractivity contribution in [1.82, 2.24) is 4.57 Å². The third kappa shape index (κ3) is 2.92. The molecular formula is C26H26N2O3-2.